The van der Waals surface area contributed by atoms with E-state index in [1.165, 1.54) is 16.7 Å². The summed E-state index contributed by atoms with van der Waals surface area (Å²) in [5, 5.41) is 12.4. The van der Waals surface area contributed by atoms with Gasteiger partial charge < -0.3 is 10.4 Å². The van der Waals surface area contributed by atoms with Gasteiger partial charge in [0.15, 0.2) is 0 Å². The zero-order valence-electron chi connectivity index (χ0n) is 10.2. The number of piperidine rings is 1. The molecular formula is C11H17N3O3S. The first-order valence-corrected chi connectivity index (χ1v) is 7.29. The molecule has 0 aliphatic carbocycles. The molecule has 1 unspecified atom stereocenters. The molecule has 0 aromatic carbocycles. The van der Waals surface area contributed by atoms with Crippen LogP contribution in [-0.2, 0) is 10.0 Å². The molecule has 0 amide bonds. The molecule has 1 saturated heterocycles. The van der Waals surface area contributed by atoms with E-state index in [0.29, 0.717) is 25.1 Å². The highest BCUT2D eigenvalue weighted by Gasteiger charge is 2.31. The van der Waals surface area contributed by atoms with Crippen molar-refractivity contribution in [2.45, 2.75) is 23.8 Å². The smallest absolute Gasteiger partial charge is 0.246 e. The fraction of sp³-hybridized carbons (Fsp3) is 0.545. The molecule has 2 rings (SSSR count). The fourth-order valence-electron chi connectivity index (χ4n) is 2.07. The molecule has 1 aromatic heterocycles. The third-order valence-corrected chi connectivity index (χ3v) is 4.92. The van der Waals surface area contributed by atoms with Crippen molar-refractivity contribution in [2.24, 2.45) is 0 Å². The van der Waals surface area contributed by atoms with Gasteiger partial charge in [-0.1, -0.05) is 0 Å². The van der Waals surface area contributed by atoms with E-state index in [1.54, 1.807) is 13.1 Å². The van der Waals surface area contributed by atoms with E-state index in [1.807, 2.05) is 0 Å². The number of nitrogens with one attached hydrogen (secondary N) is 1. The number of sulfonamides is 1. The number of aliphatic hydroxyl groups excluding tert-OH is 1. The highest BCUT2D eigenvalue weighted by molar-refractivity contribution is 7.89. The molecule has 100 valence electrons. The van der Waals surface area contributed by atoms with Crippen LogP contribution in [0.1, 0.15) is 12.8 Å². The zero-order valence-corrected chi connectivity index (χ0v) is 11.0. The number of aromatic nitrogens is 1. The van der Waals surface area contributed by atoms with E-state index in [0.717, 1.165) is 0 Å². The summed E-state index contributed by atoms with van der Waals surface area (Å²) >= 11 is 0. The lowest BCUT2D eigenvalue weighted by atomic mass is 10.1. The molecule has 1 atom stereocenters. The Bertz CT molecular complexity index is 518. The molecule has 0 saturated carbocycles. The topological polar surface area (TPSA) is 82.5 Å². The van der Waals surface area contributed by atoms with Crippen LogP contribution in [0.25, 0.3) is 0 Å². The van der Waals surface area contributed by atoms with Gasteiger partial charge in [-0.25, -0.2) is 8.42 Å². The normalized spacial score (nSPS) is 21.8. The molecule has 2 N–H and O–H groups in total. The van der Waals surface area contributed by atoms with Crippen molar-refractivity contribution < 1.29 is 13.5 Å². The first-order valence-electron chi connectivity index (χ1n) is 5.85. The Hall–Kier alpha value is -1.18. The molecular weight excluding hydrogens is 254 g/mol. The van der Waals surface area contributed by atoms with Crippen LogP contribution in [0.3, 0.4) is 0 Å². The molecule has 1 aromatic rings. The largest absolute Gasteiger partial charge is 0.392 e. The van der Waals surface area contributed by atoms with Gasteiger partial charge in [0.1, 0.15) is 4.90 Å². The summed E-state index contributed by atoms with van der Waals surface area (Å²) in [6.45, 7) is 0.595. The Kier molecular flexibility index (Phi) is 3.84. The molecule has 2 heterocycles. The summed E-state index contributed by atoms with van der Waals surface area (Å²) in [5.74, 6) is 0. The SMILES string of the molecule is CNc1ccncc1S(=O)(=O)N1CCCC(O)C1. The van der Waals surface area contributed by atoms with Gasteiger partial charge in [0.2, 0.25) is 10.0 Å². The number of anilines is 1. The summed E-state index contributed by atoms with van der Waals surface area (Å²) in [4.78, 5) is 4.02. The second kappa shape index (κ2) is 5.21. The Labute approximate surface area is 107 Å². The number of rotatable bonds is 3. The number of nitrogens with zero attached hydrogens (tertiary/aromatic N) is 2. The van der Waals surface area contributed by atoms with E-state index in [-0.39, 0.29) is 11.4 Å². The predicted octanol–water partition coefficient (Wildman–Crippen LogP) is 0.269. The lowest BCUT2D eigenvalue weighted by Gasteiger charge is -2.29. The van der Waals surface area contributed by atoms with Crippen LogP contribution < -0.4 is 5.32 Å². The van der Waals surface area contributed by atoms with Crippen molar-refractivity contribution in [3.8, 4) is 0 Å². The lowest BCUT2D eigenvalue weighted by molar-refractivity contribution is 0.108. The van der Waals surface area contributed by atoms with Gasteiger partial charge in [-0.15, -0.1) is 0 Å². The quantitative estimate of drug-likeness (QED) is 0.824. The van der Waals surface area contributed by atoms with Gasteiger partial charge >= 0.3 is 0 Å². The van der Waals surface area contributed by atoms with Crippen molar-refractivity contribution in [1.82, 2.24) is 9.29 Å². The lowest BCUT2D eigenvalue weighted by Crippen LogP contribution is -2.42. The molecule has 1 fully saturated rings. The number of hydrogen-bond acceptors (Lipinski definition) is 5. The first kappa shape index (κ1) is 13.3. The molecule has 1 aliphatic heterocycles. The molecule has 0 bridgehead atoms. The second-order valence-electron chi connectivity index (χ2n) is 4.28. The van der Waals surface area contributed by atoms with Gasteiger partial charge in [0.25, 0.3) is 0 Å². The minimum Gasteiger partial charge on any atom is -0.392 e. The Morgan fingerprint density at radius 3 is 3.00 bits per heavy atom. The first-order chi connectivity index (χ1) is 8.55. The van der Waals surface area contributed by atoms with E-state index in [2.05, 4.69) is 10.3 Å². The second-order valence-corrected chi connectivity index (χ2v) is 6.19. The van der Waals surface area contributed by atoms with Crippen molar-refractivity contribution in [3.63, 3.8) is 0 Å². The average molecular weight is 271 g/mol. The summed E-state index contributed by atoms with van der Waals surface area (Å²) in [6, 6.07) is 1.62. The number of aliphatic hydroxyl groups is 1. The van der Waals surface area contributed by atoms with Crippen molar-refractivity contribution >= 4 is 15.7 Å². The molecule has 7 heteroatoms. The van der Waals surface area contributed by atoms with Gasteiger partial charge in [0.05, 0.1) is 11.8 Å². The number of β-amino-alcohol motifs (C(OH)–C–C–N with tert-alkyl or cyclic N) is 1. The number of pyridine rings is 1. The minimum absolute atomic E-state index is 0.153. The van der Waals surface area contributed by atoms with Gasteiger partial charge in [-0.05, 0) is 18.9 Å². The van der Waals surface area contributed by atoms with E-state index in [4.69, 9.17) is 0 Å². The van der Waals surface area contributed by atoms with Gasteiger partial charge in [-0.3, -0.25) is 4.98 Å². The Morgan fingerprint density at radius 2 is 2.33 bits per heavy atom. The highest BCUT2D eigenvalue weighted by Crippen LogP contribution is 2.25. The van der Waals surface area contributed by atoms with E-state index in [9.17, 15) is 13.5 Å². The Morgan fingerprint density at radius 1 is 1.56 bits per heavy atom. The maximum Gasteiger partial charge on any atom is 0.246 e. The van der Waals surface area contributed by atoms with E-state index >= 15 is 0 Å². The van der Waals surface area contributed by atoms with Crippen LogP contribution in [0.5, 0.6) is 0 Å². The third kappa shape index (κ3) is 2.47. The monoisotopic (exact) mass is 271 g/mol. The van der Waals surface area contributed by atoms with Crippen LogP contribution in [0, 0.1) is 0 Å². The van der Waals surface area contributed by atoms with Crippen molar-refractivity contribution in [3.05, 3.63) is 18.5 Å². The molecule has 1 aliphatic rings. The van der Waals surface area contributed by atoms with Crippen LogP contribution in [0.4, 0.5) is 5.69 Å². The summed E-state index contributed by atoms with van der Waals surface area (Å²) in [6.07, 6.45) is 3.62. The van der Waals surface area contributed by atoms with Gasteiger partial charge in [0, 0.05) is 32.5 Å². The van der Waals surface area contributed by atoms with Crippen LogP contribution >= 0.6 is 0 Å². The molecule has 0 spiro atoms. The van der Waals surface area contributed by atoms with Crippen molar-refractivity contribution in [2.75, 3.05) is 25.5 Å². The highest BCUT2D eigenvalue weighted by atomic mass is 32.2. The summed E-state index contributed by atoms with van der Waals surface area (Å²) < 4.78 is 26.2. The summed E-state index contributed by atoms with van der Waals surface area (Å²) in [5.41, 5.74) is 0.519. The minimum atomic E-state index is -3.59. The molecule has 18 heavy (non-hydrogen) atoms. The van der Waals surface area contributed by atoms with Gasteiger partial charge in [-0.2, -0.15) is 4.31 Å². The maximum atomic E-state index is 12.4. The molecule has 6 nitrogen and oxygen atoms in total. The number of hydrogen-bond donors (Lipinski definition) is 2. The van der Waals surface area contributed by atoms with Crippen LogP contribution in [-0.4, -0.2) is 49.1 Å². The standard InChI is InChI=1S/C11H17N3O3S/c1-12-10-4-5-13-7-11(10)18(16,17)14-6-2-3-9(15)8-14/h4-5,7,9,15H,2-3,6,8H2,1H3,(H,12,13). The van der Waals surface area contributed by atoms with Crippen LogP contribution in [0.2, 0.25) is 0 Å². The van der Waals surface area contributed by atoms with Crippen molar-refractivity contribution in [1.29, 1.82) is 0 Å². The Balaban J connectivity index is 2.35. The third-order valence-electron chi connectivity index (χ3n) is 3.03. The fourth-order valence-corrected chi connectivity index (χ4v) is 3.73. The maximum absolute atomic E-state index is 12.4. The zero-order chi connectivity index (χ0) is 13.2. The predicted molar refractivity (Wildman–Crippen MR) is 67.8 cm³/mol. The average Bonchev–Trinajstić information content (AvgIpc) is 2.38. The van der Waals surface area contributed by atoms with E-state index < -0.39 is 16.1 Å². The molecule has 0 radical (unpaired) electrons. The summed E-state index contributed by atoms with van der Waals surface area (Å²) in [7, 11) is -1.92. The van der Waals surface area contributed by atoms with Crippen LogP contribution in [0.15, 0.2) is 23.4 Å².